The number of benzene rings is 2. The van der Waals surface area contributed by atoms with Gasteiger partial charge >= 0.3 is 5.97 Å². The van der Waals surface area contributed by atoms with Crippen LogP contribution in [0.3, 0.4) is 0 Å². The fourth-order valence-corrected chi connectivity index (χ4v) is 4.20. The van der Waals surface area contributed by atoms with E-state index in [1.165, 1.54) is 12.1 Å². The normalized spacial score (nSPS) is 14.2. The highest BCUT2D eigenvalue weighted by Gasteiger charge is 2.26. The van der Waals surface area contributed by atoms with Crippen molar-refractivity contribution in [2.45, 2.75) is 32.8 Å². The summed E-state index contributed by atoms with van der Waals surface area (Å²) in [6.07, 6.45) is 4.29. The first-order valence-electron chi connectivity index (χ1n) is 10.8. The molecular formula is C25H20N4O5. The van der Waals surface area contributed by atoms with Crippen LogP contribution in [0.25, 0.3) is 22.6 Å². The third kappa shape index (κ3) is 4.15. The van der Waals surface area contributed by atoms with Gasteiger partial charge in [0, 0.05) is 24.4 Å². The first-order chi connectivity index (χ1) is 16.5. The third-order valence-corrected chi connectivity index (χ3v) is 5.71. The molecule has 0 spiro atoms. The summed E-state index contributed by atoms with van der Waals surface area (Å²) in [6.45, 7) is 1.56. The lowest BCUT2D eigenvalue weighted by Crippen LogP contribution is -2.15. The molecule has 0 atom stereocenters. The van der Waals surface area contributed by atoms with Gasteiger partial charge in [0.2, 0.25) is 5.89 Å². The maximum atomic E-state index is 13.3. The minimum absolute atomic E-state index is 0.0387. The number of ether oxygens (including phenoxy) is 1. The number of nitro groups is 1. The third-order valence-electron chi connectivity index (χ3n) is 5.71. The standard InChI is InChI=1S/C25H20N4O5/c1-15-27-28-22(34-15)14-33-25(30)23-19-6-2-3-8-21(19)26-24-17(5-4-7-20(23)24)13-16-9-11-18(12-10-16)29(31)32/h2-3,6,8-13H,4-5,7,14H2,1H3/b17-13+. The van der Waals surface area contributed by atoms with Crippen LogP contribution in [0, 0.1) is 17.0 Å². The van der Waals surface area contributed by atoms with Gasteiger partial charge in [-0.2, -0.15) is 0 Å². The van der Waals surface area contributed by atoms with Crippen molar-refractivity contribution in [3.8, 4) is 0 Å². The molecule has 0 amide bonds. The highest BCUT2D eigenvalue weighted by molar-refractivity contribution is 6.06. The SMILES string of the molecule is Cc1nnc(COC(=O)c2c3c(nc4ccccc24)/C(=C/c2ccc([N+](=O)[O-])cc2)CCC3)o1. The number of esters is 1. The van der Waals surface area contributed by atoms with E-state index < -0.39 is 10.9 Å². The smallest absolute Gasteiger partial charge is 0.339 e. The molecule has 4 aromatic rings. The molecule has 1 aliphatic rings. The molecule has 5 rings (SSSR count). The highest BCUT2D eigenvalue weighted by Crippen LogP contribution is 2.36. The number of hydrogen-bond acceptors (Lipinski definition) is 8. The molecule has 170 valence electrons. The topological polar surface area (TPSA) is 121 Å². The van der Waals surface area contributed by atoms with Crippen molar-refractivity contribution in [1.82, 2.24) is 15.2 Å². The second-order valence-corrected chi connectivity index (χ2v) is 7.99. The van der Waals surface area contributed by atoms with Crippen LogP contribution in [0.5, 0.6) is 0 Å². The van der Waals surface area contributed by atoms with E-state index in [9.17, 15) is 14.9 Å². The molecule has 0 saturated heterocycles. The molecule has 0 bridgehead atoms. The summed E-state index contributed by atoms with van der Waals surface area (Å²) >= 11 is 0. The minimum atomic E-state index is -0.470. The Labute approximate surface area is 194 Å². The monoisotopic (exact) mass is 456 g/mol. The summed E-state index contributed by atoms with van der Waals surface area (Å²) in [5.74, 6) is 0.165. The number of allylic oxidation sites excluding steroid dienone is 1. The lowest BCUT2D eigenvalue weighted by atomic mass is 9.86. The number of rotatable bonds is 5. The van der Waals surface area contributed by atoms with E-state index in [1.54, 1.807) is 19.1 Å². The van der Waals surface area contributed by atoms with E-state index in [1.807, 2.05) is 30.3 Å². The fraction of sp³-hybridized carbons (Fsp3) is 0.200. The summed E-state index contributed by atoms with van der Waals surface area (Å²) in [5.41, 5.74) is 4.62. The number of pyridine rings is 1. The maximum absolute atomic E-state index is 13.3. The molecule has 0 unspecified atom stereocenters. The average Bonchev–Trinajstić information content (AvgIpc) is 3.27. The minimum Gasteiger partial charge on any atom is -0.452 e. The number of carbonyl (C=O) groups is 1. The molecule has 2 heterocycles. The van der Waals surface area contributed by atoms with Crippen LogP contribution in [-0.2, 0) is 17.8 Å². The van der Waals surface area contributed by atoms with E-state index in [0.717, 1.165) is 40.6 Å². The van der Waals surface area contributed by atoms with Crippen molar-refractivity contribution < 1.29 is 18.9 Å². The number of carbonyl (C=O) groups excluding carboxylic acids is 1. The van der Waals surface area contributed by atoms with Crippen LogP contribution < -0.4 is 0 Å². The molecule has 1 aliphatic carbocycles. The first-order valence-corrected chi connectivity index (χ1v) is 10.8. The van der Waals surface area contributed by atoms with Crippen molar-refractivity contribution >= 4 is 34.2 Å². The second kappa shape index (κ2) is 8.86. The van der Waals surface area contributed by atoms with Crippen molar-refractivity contribution in [2.24, 2.45) is 0 Å². The highest BCUT2D eigenvalue weighted by atomic mass is 16.6. The molecule has 2 aromatic carbocycles. The van der Waals surface area contributed by atoms with Gasteiger partial charge in [0.05, 0.1) is 21.7 Å². The number of aromatic nitrogens is 3. The number of hydrogen-bond donors (Lipinski definition) is 0. The van der Waals surface area contributed by atoms with Crippen LogP contribution in [-0.4, -0.2) is 26.1 Å². The molecule has 0 N–H and O–H groups in total. The van der Waals surface area contributed by atoms with Gasteiger partial charge in [-0.3, -0.25) is 10.1 Å². The van der Waals surface area contributed by atoms with Gasteiger partial charge in [-0.1, -0.05) is 18.2 Å². The Balaban J connectivity index is 1.56. The molecular weight excluding hydrogens is 436 g/mol. The van der Waals surface area contributed by atoms with E-state index in [4.69, 9.17) is 14.1 Å². The average molecular weight is 456 g/mol. The molecule has 0 aliphatic heterocycles. The zero-order chi connectivity index (χ0) is 23.7. The molecule has 34 heavy (non-hydrogen) atoms. The molecule has 9 heteroatoms. The number of fused-ring (bicyclic) bond motifs is 2. The maximum Gasteiger partial charge on any atom is 0.339 e. The quantitative estimate of drug-likeness (QED) is 0.232. The Morgan fingerprint density at radius 1 is 1.15 bits per heavy atom. The predicted molar refractivity (Wildman–Crippen MR) is 124 cm³/mol. The molecule has 2 aromatic heterocycles. The number of para-hydroxylation sites is 1. The van der Waals surface area contributed by atoms with Gasteiger partial charge in [0.15, 0.2) is 6.61 Å². The molecule has 0 radical (unpaired) electrons. The zero-order valence-electron chi connectivity index (χ0n) is 18.4. The second-order valence-electron chi connectivity index (χ2n) is 7.99. The van der Waals surface area contributed by atoms with Crippen LogP contribution in [0.2, 0.25) is 0 Å². The van der Waals surface area contributed by atoms with Gasteiger partial charge in [0.25, 0.3) is 11.6 Å². The number of aryl methyl sites for hydroxylation is 1. The molecule has 9 nitrogen and oxygen atoms in total. The number of nitro benzene ring substituents is 1. The van der Waals surface area contributed by atoms with E-state index in [-0.39, 0.29) is 18.2 Å². The number of non-ortho nitro benzene ring substituents is 1. The Hall–Kier alpha value is -4.40. The summed E-state index contributed by atoms with van der Waals surface area (Å²) in [4.78, 5) is 28.7. The Bertz CT molecular complexity index is 1440. The Kier molecular flexibility index (Phi) is 5.59. The van der Waals surface area contributed by atoms with Gasteiger partial charge < -0.3 is 9.15 Å². The Morgan fingerprint density at radius 2 is 1.94 bits per heavy atom. The largest absolute Gasteiger partial charge is 0.452 e. The van der Waals surface area contributed by atoms with E-state index in [2.05, 4.69) is 10.2 Å². The van der Waals surface area contributed by atoms with Crippen LogP contribution in [0.4, 0.5) is 5.69 Å². The van der Waals surface area contributed by atoms with Gasteiger partial charge in [-0.15, -0.1) is 10.2 Å². The zero-order valence-corrected chi connectivity index (χ0v) is 18.4. The van der Waals surface area contributed by atoms with Crippen molar-refractivity contribution in [3.63, 3.8) is 0 Å². The summed E-state index contributed by atoms with van der Waals surface area (Å²) in [5, 5.41) is 19.3. The van der Waals surface area contributed by atoms with Crippen LogP contribution in [0.15, 0.2) is 52.9 Å². The Morgan fingerprint density at radius 3 is 2.68 bits per heavy atom. The van der Waals surface area contributed by atoms with Gasteiger partial charge in [0.1, 0.15) is 0 Å². The molecule has 0 saturated carbocycles. The first kappa shape index (κ1) is 21.4. The molecule has 0 fully saturated rings. The lowest BCUT2D eigenvalue weighted by molar-refractivity contribution is -0.384. The fourth-order valence-electron chi connectivity index (χ4n) is 4.20. The van der Waals surface area contributed by atoms with Gasteiger partial charge in [-0.05, 0) is 60.2 Å². The lowest BCUT2D eigenvalue weighted by Gasteiger charge is -2.22. The summed E-state index contributed by atoms with van der Waals surface area (Å²) in [7, 11) is 0. The van der Waals surface area contributed by atoms with E-state index in [0.29, 0.717) is 23.4 Å². The van der Waals surface area contributed by atoms with E-state index >= 15 is 0 Å². The van der Waals surface area contributed by atoms with Crippen LogP contribution >= 0.6 is 0 Å². The summed E-state index contributed by atoms with van der Waals surface area (Å²) in [6, 6.07) is 13.9. The predicted octanol–water partition coefficient (Wildman–Crippen LogP) is 5.07. The van der Waals surface area contributed by atoms with Crippen LogP contribution in [0.1, 0.15) is 51.8 Å². The van der Waals surface area contributed by atoms with Crippen molar-refractivity contribution in [3.05, 3.63) is 92.8 Å². The van der Waals surface area contributed by atoms with Crippen molar-refractivity contribution in [2.75, 3.05) is 0 Å². The number of nitrogens with zero attached hydrogens (tertiary/aromatic N) is 4. The van der Waals surface area contributed by atoms with Gasteiger partial charge in [-0.25, -0.2) is 9.78 Å². The van der Waals surface area contributed by atoms with Crippen molar-refractivity contribution in [1.29, 1.82) is 0 Å². The summed E-state index contributed by atoms with van der Waals surface area (Å²) < 4.78 is 10.9.